The molecule has 4 aromatic rings. The molecule has 0 fully saturated rings. The van der Waals surface area contributed by atoms with Crippen molar-refractivity contribution in [1.82, 2.24) is 4.57 Å². The summed E-state index contributed by atoms with van der Waals surface area (Å²) in [4.78, 5) is 25.0. The minimum atomic E-state index is -1.23. The molecule has 0 unspecified atom stereocenters. The van der Waals surface area contributed by atoms with Crippen molar-refractivity contribution >= 4 is 53.2 Å². The first-order valence-electron chi connectivity index (χ1n) is 13.4. The number of aliphatic carboxylic acids is 1. The number of hydrogen-bond donors (Lipinski definition) is 4. The topological polar surface area (TPSA) is 112 Å². The van der Waals surface area contributed by atoms with Crippen molar-refractivity contribution in [3.8, 4) is 22.3 Å². The molecule has 0 saturated heterocycles. The number of amides is 1. The minimum absolute atomic E-state index is 0. The van der Waals surface area contributed by atoms with Crippen molar-refractivity contribution in [3.63, 3.8) is 0 Å². The molecule has 0 aliphatic heterocycles. The Morgan fingerprint density at radius 3 is 2.02 bits per heavy atom. The SMILES string of the molecule is CC(C)n1c(/C=C/[C@@H](O)C[C@@H](O)CC(=O)O)c(-c2ccc(F)cc2)c(-c2ccccc2)c1C(=O)Nc1ccccc1.[NaH]. The summed E-state index contributed by atoms with van der Waals surface area (Å²) in [5.74, 6) is -1.91. The summed E-state index contributed by atoms with van der Waals surface area (Å²) in [6, 6.07) is 24.3. The number of carboxylic acid groups (broad SMARTS) is 1. The van der Waals surface area contributed by atoms with Gasteiger partial charge in [0.2, 0.25) is 0 Å². The second kappa shape index (κ2) is 15.1. The molecule has 7 nitrogen and oxygen atoms in total. The molecular weight excluding hydrogens is 546 g/mol. The Balaban J connectivity index is 0.00000484. The van der Waals surface area contributed by atoms with E-state index < -0.39 is 30.4 Å². The molecule has 0 radical (unpaired) electrons. The third-order valence-corrected chi connectivity index (χ3v) is 6.60. The number of carbonyl (C=O) groups excluding carboxylic acids is 1. The summed E-state index contributed by atoms with van der Waals surface area (Å²) in [5, 5.41) is 32.6. The summed E-state index contributed by atoms with van der Waals surface area (Å²) in [7, 11) is 0. The number of anilines is 1. The number of benzene rings is 3. The van der Waals surface area contributed by atoms with Crippen molar-refractivity contribution in [1.29, 1.82) is 0 Å². The Morgan fingerprint density at radius 1 is 0.881 bits per heavy atom. The standard InChI is InChI=1S/C33H33FN2O5.Na.H/c1-21(2)36-28(18-17-26(37)19-27(38)20-29(39)40)30(23-13-15-24(34)16-14-23)31(22-9-5-3-6-10-22)32(36)33(41)35-25-11-7-4-8-12-25;;/h3-18,21,26-27,37-38H,19-20H2,1-2H3,(H,35,41)(H,39,40);;/b18-17+;;/t26-,27-;;/m1../s1. The molecule has 1 amide bonds. The van der Waals surface area contributed by atoms with Gasteiger partial charge in [0.15, 0.2) is 0 Å². The predicted octanol–water partition coefficient (Wildman–Crippen LogP) is 5.75. The summed E-state index contributed by atoms with van der Waals surface area (Å²) >= 11 is 0. The van der Waals surface area contributed by atoms with Gasteiger partial charge in [0, 0.05) is 35.0 Å². The fraction of sp³-hybridized carbons (Fsp3) is 0.212. The number of carboxylic acids is 1. The maximum atomic E-state index is 14.0. The third-order valence-electron chi connectivity index (χ3n) is 6.60. The van der Waals surface area contributed by atoms with Crippen LogP contribution in [0.3, 0.4) is 0 Å². The van der Waals surface area contributed by atoms with Crippen molar-refractivity contribution < 1.29 is 29.3 Å². The van der Waals surface area contributed by atoms with Crippen LogP contribution in [-0.4, -0.2) is 73.5 Å². The van der Waals surface area contributed by atoms with Crippen LogP contribution in [0.4, 0.5) is 10.1 Å². The van der Waals surface area contributed by atoms with Crippen molar-refractivity contribution in [2.24, 2.45) is 0 Å². The molecule has 0 saturated carbocycles. The van der Waals surface area contributed by atoms with E-state index >= 15 is 0 Å². The van der Waals surface area contributed by atoms with Crippen LogP contribution < -0.4 is 5.32 Å². The molecule has 2 atom stereocenters. The third kappa shape index (κ3) is 8.06. The van der Waals surface area contributed by atoms with E-state index in [9.17, 15) is 24.2 Å². The first-order valence-corrected chi connectivity index (χ1v) is 13.4. The van der Waals surface area contributed by atoms with Gasteiger partial charge in [0.05, 0.1) is 18.6 Å². The molecule has 1 aromatic heterocycles. The van der Waals surface area contributed by atoms with Crippen LogP contribution in [0.15, 0.2) is 91.0 Å². The first kappa shape index (κ1) is 33.0. The molecule has 4 N–H and O–H groups in total. The summed E-state index contributed by atoms with van der Waals surface area (Å²) in [5.41, 5.74) is 4.34. The van der Waals surface area contributed by atoms with Gasteiger partial charge in [-0.05, 0) is 55.3 Å². The number of nitrogens with zero attached hydrogens (tertiary/aromatic N) is 1. The van der Waals surface area contributed by atoms with Crippen LogP contribution in [0.1, 0.15) is 48.9 Å². The average Bonchev–Trinajstić information content (AvgIpc) is 3.28. The maximum absolute atomic E-state index is 14.0. The van der Waals surface area contributed by atoms with E-state index in [1.165, 1.54) is 18.2 Å². The quantitative estimate of drug-likeness (QED) is 0.169. The summed E-state index contributed by atoms with van der Waals surface area (Å²) in [6.07, 6.45) is 0.0955. The van der Waals surface area contributed by atoms with Crippen LogP contribution in [0, 0.1) is 5.82 Å². The number of para-hydroxylation sites is 1. The zero-order valence-electron chi connectivity index (χ0n) is 22.9. The summed E-state index contributed by atoms with van der Waals surface area (Å²) in [6.45, 7) is 3.87. The Labute approximate surface area is 266 Å². The van der Waals surface area contributed by atoms with Crippen LogP contribution >= 0.6 is 0 Å². The van der Waals surface area contributed by atoms with Gasteiger partial charge in [0.1, 0.15) is 11.5 Å². The van der Waals surface area contributed by atoms with Crippen LogP contribution in [0.25, 0.3) is 28.3 Å². The van der Waals surface area contributed by atoms with E-state index in [1.807, 2.05) is 66.9 Å². The van der Waals surface area contributed by atoms with Gasteiger partial charge in [-0.25, -0.2) is 4.39 Å². The van der Waals surface area contributed by atoms with Crippen molar-refractivity contribution in [2.75, 3.05) is 5.32 Å². The van der Waals surface area contributed by atoms with Crippen LogP contribution in [-0.2, 0) is 4.79 Å². The second-order valence-corrected chi connectivity index (χ2v) is 10.1. The second-order valence-electron chi connectivity index (χ2n) is 10.1. The van der Waals surface area contributed by atoms with Gasteiger partial charge in [-0.15, -0.1) is 0 Å². The number of aliphatic hydroxyl groups is 2. The molecule has 0 aliphatic rings. The van der Waals surface area contributed by atoms with E-state index in [1.54, 1.807) is 30.3 Å². The molecule has 9 heteroatoms. The molecule has 1 heterocycles. The molecule has 42 heavy (non-hydrogen) atoms. The fourth-order valence-electron chi connectivity index (χ4n) is 4.88. The predicted molar refractivity (Wildman–Crippen MR) is 165 cm³/mol. The molecule has 0 spiro atoms. The molecule has 0 bridgehead atoms. The molecular formula is C33H34FN2NaO5. The average molecular weight is 581 g/mol. The van der Waals surface area contributed by atoms with Gasteiger partial charge < -0.3 is 25.2 Å². The number of hydrogen-bond acceptors (Lipinski definition) is 4. The zero-order chi connectivity index (χ0) is 29.5. The first-order chi connectivity index (χ1) is 19.7. The number of carbonyl (C=O) groups is 2. The van der Waals surface area contributed by atoms with Gasteiger partial charge in [-0.2, -0.15) is 0 Å². The number of aromatic nitrogens is 1. The van der Waals surface area contributed by atoms with Gasteiger partial charge in [-0.3, -0.25) is 9.59 Å². The van der Waals surface area contributed by atoms with Crippen LogP contribution in [0.5, 0.6) is 0 Å². The van der Waals surface area contributed by atoms with E-state index in [-0.39, 0.29) is 47.9 Å². The van der Waals surface area contributed by atoms with Gasteiger partial charge in [0.25, 0.3) is 5.91 Å². The Kier molecular flexibility index (Phi) is 11.8. The number of halogens is 1. The number of nitrogens with one attached hydrogen (secondary N) is 1. The fourth-order valence-corrected chi connectivity index (χ4v) is 4.88. The van der Waals surface area contributed by atoms with Crippen molar-refractivity contribution in [2.45, 2.75) is 44.9 Å². The Hall–Kier alpha value is -3.53. The van der Waals surface area contributed by atoms with E-state index in [0.29, 0.717) is 33.8 Å². The van der Waals surface area contributed by atoms with E-state index in [4.69, 9.17) is 5.11 Å². The van der Waals surface area contributed by atoms with Crippen LogP contribution in [0.2, 0.25) is 0 Å². The van der Waals surface area contributed by atoms with Gasteiger partial charge >= 0.3 is 35.5 Å². The number of rotatable bonds is 11. The zero-order valence-corrected chi connectivity index (χ0v) is 22.9. The molecule has 3 aromatic carbocycles. The monoisotopic (exact) mass is 580 g/mol. The van der Waals surface area contributed by atoms with Gasteiger partial charge in [-0.1, -0.05) is 66.7 Å². The van der Waals surface area contributed by atoms with E-state index in [0.717, 1.165) is 5.56 Å². The summed E-state index contributed by atoms with van der Waals surface area (Å²) < 4.78 is 15.9. The normalized spacial score (nSPS) is 12.6. The Bertz CT molecular complexity index is 1520. The molecule has 4 rings (SSSR count). The number of aliphatic hydroxyl groups excluding tert-OH is 2. The molecule has 0 aliphatic carbocycles. The van der Waals surface area contributed by atoms with E-state index in [2.05, 4.69) is 5.32 Å². The Morgan fingerprint density at radius 2 is 1.45 bits per heavy atom. The van der Waals surface area contributed by atoms with Crippen molar-refractivity contribution in [3.05, 3.63) is 108 Å². The molecule has 214 valence electrons.